The molecule has 108 valence electrons. The number of nitrogens with one attached hydrogen (secondary N) is 1. The number of rotatable bonds is 3. The van der Waals surface area contributed by atoms with Gasteiger partial charge in [-0.05, 0) is 36.8 Å². The van der Waals surface area contributed by atoms with Crippen molar-refractivity contribution < 1.29 is 9.21 Å². The Bertz CT molecular complexity index is 887. The number of carbonyl (C=O) groups is 1. The second-order valence-corrected chi connectivity index (χ2v) is 5.18. The molecular weight excluding hydrogens is 276 g/mol. The highest BCUT2D eigenvalue weighted by Crippen LogP contribution is 2.23. The molecule has 0 aliphatic carbocycles. The fourth-order valence-corrected chi connectivity index (χ4v) is 2.37. The molecule has 1 amide bonds. The first-order valence-corrected chi connectivity index (χ1v) is 6.92. The van der Waals surface area contributed by atoms with E-state index in [2.05, 4.69) is 5.32 Å². The van der Waals surface area contributed by atoms with E-state index in [4.69, 9.17) is 9.68 Å². The zero-order chi connectivity index (χ0) is 15.5. The minimum atomic E-state index is -0.140. The summed E-state index contributed by atoms with van der Waals surface area (Å²) < 4.78 is 5.49. The summed E-state index contributed by atoms with van der Waals surface area (Å²) in [6.45, 7) is 2.00. The van der Waals surface area contributed by atoms with Gasteiger partial charge in [-0.1, -0.05) is 18.2 Å². The van der Waals surface area contributed by atoms with Crippen LogP contribution in [-0.2, 0) is 11.2 Å². The number of carbonyl (C=O) groups excluding carboxylic acids is 1. The molecule has 1 aromatic heterocycles. The predicted molar refractivity (Wildman–Crippen MR) is 84.4 cm³/mol. The molecule has 2 aromatic carbocycles. The standard InChI is InChI=1S/C18H14N2O2/c1-12-5-6-16-14(11-22-17(16)7-12)9-18(21)20-15-4-2-3-13(8-15)10-19/h2-8,11H,9H2,1H3,(H,20,21). The molecule has 0 aliphatic heterocycles. The minimum absolute atomic E-state index is 0.140. The number of aryl methyl sites for hydroxylation is 1. The fourth-order valence-electron chi connectivity index (χ4n) is 2.37. The Labute approximate surface area is 128 Å². The second-order valence-electron chi connectivity index (χ2n) is 5.18. The molecule has 0 saturated heterocycles. The van der Waals surface area contributed by atoms with Gasteiger partial charge in [0.05, 0.1) is 24.3 Å². The largest absolute Gasteiger partial charge is 0.464 e. The van der Waals surface area contributed by atoms with Crippen molar-refractivity contribution in [2.75, 3.05) is 5.32 Å². The molecule has 22 heavy (non-hydrogen) atoms. The van der Waals surface area contributed by atoms with Crippen LogP contribution < -0.4 is 5.32 Å². The number of nitriles is 1. The number of hydrogen-bond acceptors (Lipinski definition) is 3. The number of hydrogen-bond donors (Lipinski definition) is 1. The van der Waals surface area contributed by atoms with Crippen LogP contribution in [0.2, 0.25) is 0 Å². The molecule has 1 heterocycles. The highest BCUT2D eigenvalue weighted by molar-refractivity contribution is 5.95. The van der Waals surface area contributed by atoms with Crippen LogP contribution in [0, 0.1) is 18.3 Å². The number of amides is 1. The summed E-state index contributed by atoms with van der Waals surface area (Å²) >= 11 is 0. The summed E-state index contributed by atoms with van der Waals surface area (Å²) in [6.07, 6.45) is 1.85. The third-order valence-corrected chi connectivity index (χ3v) is 3.44. The highest BCUT2D eigenvalue weighted by Gasteiger charge is 2.11. The Morgan fingerprint density at radius 3 is 2.95 bits per heavy atom. The van der Waals surface area contributed by atoms with E-state index in [1.54, 1.807) is 30.5 Å². The van der Waals surface area contributed by atoms with Crippen molar-refractivity contribution in [3.05, 3.63) is 65.4 Å². The lowest BCUT2D eigenvalue weighted by molar-refractivity contribution is -0.115. The van der Waals surface area contributed by atoms with Crippen LogP contribution >= 0.6 is 0 Å². The van der Waals surface area contributed by atoms with Crippen LogP contribution in [-0.4, -0.2) is 5.91 Å². The van der Waals surface area contributed by atoms with Gasteiger partial charge in [0.1, 0.15) is 5.58 Å². The van der Waals surface area contributed by atoms with Gasteiger partial charge in [-0.15, -0.1) is 0 Å². The third kappa shape index (κ3) is 2.84. The number of benzene rings is 2. The zero-order valence-corrected chi connectivity index (χ0v) is 12.1. The lowest BCUT2D eigenvalue weighted by Crippen LogP contribution is -2.14. The van der Waals surface area contributed by atoms with Gasteiger partial charge in [0.15, 0.2) is 0 Å². The van der Waals surface area contributed by atoms with E-state index in [1.807, 2.05) is 31.2 Å². The van der Waals surface area contributed by atoms with Crippen molar-refractivity contribution in [3.63, 3.8) is 0 Å². The molecule has 0 atom stereocenters. The first-order chi connectivity index (χ1) is 10.7. The van der Waals surface area contributed by atoms with Gasteiger partial charge in [0.2, 0.25) is 5.91 Å². The van der Waals surface area contributed by atoms with E-state index in [1.165, 1.54) is 0 Å². The van der Waals surface area contributed by atoms with Gasteiger partial charge in [-0.3, -0.25) is 4.79 Å². The zero-order valence-electron chi connectivity index (χ0n) is 12.1. The molecule has 3 aromatic rings. The maximum atomic E-state index is 12.2. The molecule has 0 aliphatic rings. The number of furan rings is 1. The Hall–Kier alpha value is -3.06. The molecular formula is C18H14N2O2. The quantitative estimate of drug-likeness (QED) is 0.798. The van der Waals surface area contributed by atoms with Crippen LogP contribution in [0.25, 0.3) is 11.0 Å². The molecule has 0 unspecified atom stereocenters. The monoisotopic (exact) mass is 290 g/mol. The average Bonchev–Trinajstić information content (AvgIpc) is 2.89. The molecule has 0 fully saturated rings. The van der Waals surface area contributed by atoms with Crippen LogP contribution in [0.3, 0.4) is 0 Å². The summed E-state index contributed by atoms with van der Waals surface area (Å²) in [4.78, 5) is 12.2. The Balaban J connectivity index is 1.77. The van der Waals surface area contributed by atoms with E-state index in [9.17, 15) is 4.79 Å². The summed E-state index contributed by atoms with van der Waals surface area (Å²) in [5.74, 6) is -0.140. The van der Waals surface area contributed by atoms with Crippen LogP contribution in [0.15, 0.2) is 53.1 Å². The second kappa shape index (κ2) is 5.74. The van der Waals surface area contributed by atoms with E-state index in [0.29, 0.717) is 11.3 Å². The maximum Gasteiger partial charge on any atom is 0.228 e. The summed E-state index contributed by atoms with van der Waals surface area (Å²) in [7, 11) is 0. The Morgan fingerprint density at radius 1 is 1.27 bits per heavy atom. The van der Waals surface area contributed by atoms with Gasteiger partial charge in [0, 0.05) is 16.6 Å². The van der Waals surface area contributed by atoms with Crippen LogP contribution in [0.4, 0.5) is 5.69 Å². The van der Waals surface area contributed by atoms with E-state index in [-0.39, 0.29) is 12.3 Å². The van der Waals surface area contributed by atoms with Gasteiger partial charge in [0.25, 0.3) is 0 Å². The lowest BCUT2D eigenvalue weighted by atomic mass is 10.1. The van der Waals surface area contributed by atoms with Crippen molar-refractivity contribution in [1.29, 1.82) is 5.26 Å². The Morgan fingerprint density at radius 2 is 2.14 bits per heavy atom. The molecule has 4 nitrogen and oxygen atoms in total. The van der Waals surface area contributed by atoms with E-state index < -0.39 is 0 Å². The van der Waals surface area contributed by atoms with Crippen LogP contribution in [0.5, 0.6) is 0 Å². The number of nitrogens with zero attached hydrogens (tertiary/aromatic N) is 1. The molecule has 0 spiro atoms. The normalized spacial score (nSPS) is 10.4. The van der Waals surface area contributed by atoms with Crippen molar-refractivity contribution in [2.24, 2.45) is 0 Å². The average molecular weight is 290 g/mol. The molecule has 4 heteroatoms. The van der Waals surface area contributed by atoms with Gasteiger partial charge < -0.3 is 9.73 Å². The first-order valence-electron chi connectivity index (χ1n) is 6.92. The first kappa shape index (κ1) is 13.9. The third-order valence-electron chi connectivity index (χ3n) is 3.44. The van der Waals surface area contributed by atoms with Crippen molar-refractivity contribution in [1.82, 2.24) is 0 Å². The molecule has 0 saturated carbocycles. The lowest BCUT2D eigenvalue weighted by Gasteiger charge is -2.04. The summed E-state index contributed by atoms with van der Waals surface area (Å²) in [6, 6.07) is 14.8. The molecule has 3 rings (SSSR count). The topological polar surface area (TPSA) is 66.0 Å². The van der Waals surface area contributed by atoms with E-state index >= 15 is 0 Å². The Kier molecular flexibility index (Phi) is 3.63. The predicted octanol–water partition coefficient (Wildman–Crippen LogP) is 3.79. The smallest absolute Gasteiger partial charge is 0.228 e. The van der Waals surface area contributed by atoms with Crippen LogP contribution in [0.1, 0.15) is 16.7 Å². The molecule has 0 bridgehead atoms. The van der Waals surface area contributed by atoms with Crippen molar-refractivity contribution in [2.45, 2.75) is 13.3 Å². The molecule has 0 radical (unpaired) electrons. The summed E-state index contributed by atoms with van der Waals surface area (Å²) in [5.41, 5.74) is 3.89. The number of fused-ring (bicyclic) bond motifs is 1. The van der Waals surface area contributed by atoms with Gasteiger partial charge >= 0.3 is 0 Å². The minimum Gasteiger partial charge on any atom is -0.464 e. The number of anilines is 1. The SMILES string of the molecule is Cc1ccc2c(CC(=O)Nc3cccc(C#N)c3)coc2c1. The summed E-state index contributed by atoms with van der Waals surface area (Å²) in [5, 5.41) is 12.6. The fraction of sp³-hybridized carbons (Fsp3) is 0.111. The molecule has 1 N–H and O–H groups in total. The van der Waals surface area contributed by atoms with Gasteiger partial charge in [-0.2, -0.15) is 5.26 Å². The van der Waals surface area contributed by atoms with E-state index in [0.717, 1.165) is 22.1 Å². The van der Waals surface area contributed by atoms with Crippen molar-refractivity contribution >= 4 is 22.6 Å². The van der Waals surface area contributed by atoms with Gasteiger partial charge in [-0.25, -0.2) is 0 Å². The van der Waals surface area contributed by atoms with Crippen molar-refractivity contribution in [3.8, 4) is 6.07 Å². The maximum absolute atomic E-state index is 12.2. The highest BCUT2D eigenvalue weighted by atomic mass is 16.3.